The van der Waals surface area contributed by atoms with Crippen LogP contribution in [-0.2, 0) is 6.54 Å². The molecule has 1 heterocycles. The van der Waals surface area contributed by atoms with E-state index in [-0.39, 0.29) is 0 Å². The third kappa shape index (κ3) is 2.93. The molecule has 0 unspecified atom stereocenters. The maximum absolute atomic E-state index is 5.86. The minimum atomic E-state index is 0.728. The van der Waals surface area contributed by atoms with E-state index in [1.165, 1.54) is 31.2 Å². The number of nitrogens with one attached hydrogen (secondary N) is 1. The van der Waals surface area contributed by atoms with E-state index in [1.54, 1.807) is 0 Å². The zero-order valence-corrected chi connectivity index (χ0v) is 11.8. The molecule has 1 fully saturated rings. The topological polar surface area (TPSA) is 24.5 Å². The molecule has 19 heavy (non-hydrogen) atoms. The number of hydrogen-bond acceptors (Lipinski definition) is 3. The van der Waals surface area contributed by atoms with Crippen molar-refractivity contribution in [3.63, 3.8) is 0 Å². The lowest BCUT2D eigenvalue weighted by molar-refractivity contribution is 0.127. The normalized spacial score (nSPS) is 28.3. The van der Waals surface area contributed by atoms with Gasteiger partial charge in [0.25, 0.3) is 0 Å². The first-order valence-electron chi connectivity index (χ1n) is 7.49. The lowest BCUT2D eigenvalue weighted by atomic mass is 9.90. The van der Waals surface area contributed by atoms with Crippen LogP contribution in [0.1, 0.15) is 31.2 Å². The van der Waals surface area contributed by atoms with Gasteiger partial charge in [0, 0.05) is 30.7 Å². The summed E-state index contributed by atoms with van der Waals surface area (Å²) in [6.07, 6.45) is 5.24. The third-order valence-corrected chi connectivity index (χ3v) is 4.60. The maximum Gasteiger partial charge on any atom is 0.123 e. The summed E-state index contributed by atoms with van der Waals surface area (Å²) < 4.78 is 5.86. The van der Waals surface area contributed by atoms with Crippen molar-refractivity contribution in [3.05, 3.63) is 29.8 Å². The van der Waals surface area contributed by atoms with Gasteiger partial charge in [-0.15, -0.1) is 0 Å². The number of ether oxygens (including phenoxy) is 1. The van der Waals surface area contributed by atoms with Crippen LogP contribution in [0, 0.1) is 0 Å². The van der Waals surface area contributed by atoms with E-state index >= 15 is 0 Å². The summed E-state index contributed by atoms with van der Waals surface area (Å²) in [5.41, 5.74) is 1.34. The van der Waals surface area contributed by atoms with Crippen molar-refractivity contribution >= 4 is 0 Å². The Morgan fingerprint density at radius 3 is 2.74 bits per heavy atom. The maximum atomic E-state index is 5.86. The minimum absolute atomic E-state index is 0.728. The Kier molecular flexibility index (Phi) is 4.04. The van der Waals surface area contributed by atoms with Crippen LogP contribution in [0.5, 0.6) is 5.75 Å². The van der Waals surface area contributed by atoms with Crippen molar-refractivity contribution < 1.29 is 4.74 Å². The quantitative estimate of drug-likeness (QED) is 0.884. The van der Waals surface area contributed by atoms with E-state index in [0.29, 0.717) is 0 Å². The van der Waals surface area contributed by atoms with Gasteiger partial charge in [-0.25, -0.2) is 0 Å². The summed E-state index contributed by atoms with van der Waals surface area (Å²) in [6.45, 7) is 2.93. The fourth-order valence-corrected chi connectivity index (χ4v) is 3.39. The zero-order chi connectivity index (χ0) is 13.1. The molecule has 3 rings (SSSR count). The minimum Gasteiger partial charge on any atom is -0.492 e. The van der Waals surface area contributed by atoms with Crippen LogP contribution in [0.25, 0.3) is 0 Å². The number of nitrogens with zero attached hydrogens (tertiary/aromatic N) is 1. The number of rotatable bonds is 2. The molecule has 1 aliphatic carbocycles. The molecule has 0 spiro atoms. The van der Waals surface area contributed by atoms with Gasteiger partial charge in [0.2, 0.25) is 0 Å². The van der Waals surface area contributed by atoms with Gasteiger partial charge in [-0.2, -0.15) is 0 Å². The summed E-state index contributed by atoms with van der Waals surface area (Å²) in [5.74, 6) is 1.08. The third-order valence-electron chi connectivity index (χ3n) is 4.60. The van der Waals surface area contributed by atoms with Gasteiger partial charge in [0.1, 0.15) is 12.4 Å². The first kappa shape index (κ1) is 12.9. The highest BCUT2D eigenvalue weighted by Gasteiger charge is 2.26. The van der Waals surface area contributed by atoms with Crippen molar-refractivity contribution in [1.82, 2.24) is 10.2 Å². The average Bonchev–Trinajstić information content (AvgIpc) is 2.69. The molecular weight excluding hydrogens is 236 g/mol. The Hall–Kier alpha value is -1.06. The van der Waals surface area contributed by atoms with E-state index in [1.807, 2.05) is 0 Å². The largest absolute Gasteiger partial charge is 0.492 e. The van der Waals surface area contributed by atoms with Crippen LogP contribution in [0.3, 0.4) is 0 Å². The van der Waals surface area contributed by atoms with Crippen molar-refractivity contribution in [2.45, 2.75) is 44.3 Å². The lowest BCUT2D eigenvalue weighted by Crippen LogP contribution is -2.42. The smallest absolute Gasteiger partial charge is 0.123 e. The summed E-state index contributed by atoms with van der Waals surface area (Å²) >= 11 is 0. The van der Waals surface area contributed by atoms with E-state index in [9.17, 15) is 0 Å². The lowest BCUT2D eigenvalue weighted by Gasteiger charge is -2.36. The van der Waals surface area contributed by atoms with Crippen molar-refractivity contribution in [2.75, 3.05) is 20.2 Å². The number of fused-ring (bicyclic) bond motifs is 1. The standard InChI is InChI=1S/C16H24N2O/c1-17-14-6-8-15(9-7-14)18-10-11-19-16-5-3-2-4-13(16)12-18/h2-5,14-15,17H,6-12H2,1H3. The van der Waals surface area contributed by atoms with Crippen molar-refractivity contribution in [2.24, 2.45) is 0 Å². The number of para-hydroxylation sites is 1. The second-order valence-electron chi connectivity index (χ2n) is 5.72. The van der Waals surface area contributed by atoms with Crippen LogP contribution in [0.15, 0.2) is 24.3 Å². The van der Waals surface area contributed by atoms with Gasteiger partial charge in [0.05, 0.1) is 0 Å². The molecule has 0 amide bonds. The Morgan fingerprint density at radius 1 is 1.16 bits per heavy atom. The van der Waals surface area contributed by atoms with Crippen molar-refractivity contribution in [1.29, 1.82) is 0 Å². The van der Waals surface area contributed by atoms with E-state index in [0.717, 1.165) is 37.5 Å². The molecule has 0 radical (unpaired) electrons. The molecule has 0 atom stereocenters. The molecule has 1 aromatic carbocycles. The summed E-state index contributed by atoms with van der Waals surface area (Å²) in [6, 6.07) is 9.94. The van der Waals surface area contributed by atoms with E-state index in [4.69, 9.17) is 4.74 Å². The number of benzene rings is 1. The fourth-order valence-electron chi connectivity index (χ4n) is 3.39. The molecule has 0 saturated heterocycles. The van der Waals surface area contributed by atoms with Gasteiger partial charge in [-0.05, 0) is 38.8 Å². The molecule has 1 aliphatic heterocycles. The summed E-state index contributed by atoms with van der Waals surface area (Å²) in [4.78, 5) is 2.62. The second kappa shape index (κ2) is 5.93. The summed E-state index contributed by atoms with van der Waals surface area (Å²) in [5, 5.41) is 3.41. The van der Waals surface area contributed by atoms with E-state index in [2.05, 4.69) is 41.5 Å². The van der Waals surface area contributed by atoms with Crippen LogP contribution in [0.2, 0.25) is 0 Å². The molecule has 3 nitrogen and oxygen atoms in total. The van der Waals surface area contributed by atoms with E-state index < -0.39 is 0 Å². The van der Waals surface area contributed by atoms with Gasteiger partial charge < -0.3 is 10.1 Å². The molecule has 3 heteroatoms. The molecule has 104 valence electrons. The van der Waals surface area contributed by atoms with Crippen LogP contribution >= 0.6 is 0 Å². The first-order chi connectivity index (χ1) is 9.36. The molecular formula is C16H24N2O. The van der Waals surface area contributed by atoms with Crippen LogP contribution < -0.4 is 10.1 Å². The highest BCUT2D eigenvalue weighted by Crippen LogP contribution is 2.28. The molecule has 2 aliphatic rings. The second-order valence-corrected chi connectivity index (χ2v) is 5.72. The molecule has 1 saturated carbocycles. The highest BCUT2D eigenvalue weighted by atomic mass is 16.5. The fraction of sp³-hybridized carbons (Fsp3) is 0.625. The van der Waals surface area contributed by atoms with Gasteiger partial charge >= 0.3 is 0 Å². The Labute approximate surface area is 115 Å². The zero-order valence-electron chi connectivity index (χ0n) is 11.8. The predicted octanol–water partition coefficient (Wildman–Crippen LogP) is 2.41. The first-order valence-corrected chi connectivity index (χ1v) is 7.49. The number of hydrogen-bond donors (Lipinski definition) is 1. The highest BCUT2D eigenvalue weighted by molar-refractivity contribution is 5.33. The Bertz CT molecular complexity index is 413. The predicted molar refractivity (Wildman–Crippen MR) is 77.5 cm³/mol. The molecule has 0 bridgehead atoms. The van der Waals surface area contributed by atoms with Crippen LogP contribution in [-0.4, -0.2) is 37.2 Å². The monoisotopic (exact) mass is 260 g/mol. The molecule has 1 N–H and O–H groups in total. The molecule has 1 aromatic rings. The Morgan fingerprint density at radius 2 is 1.95 bits per heavy atom. The average molecular weight is 260 g/mol. The van der Waals surface area contributed by atoms with Crippen LogP contribution in [0.4, 0.5) is 0 Å². The summed E-state index contributed by atoms with van der Waals surface area (Å²) in [7, 11) is 2.08. The molecule has 0 aromatic heterocycles. The Balaban J connectivity index is 1.66. The SMILES string of the molecule is CNC1CCC(N2CCOc3ccccc3C2)CC1. The van der Waals surface area contributed by atoms with Crippen molar-refractivity contribution in [3.8, 4) is 5.75 Å². The van der Waals surface area contributed by atoms with Gasteiger partial charge in [-0.3, -0.25) is 4.90 Å². The van der Waals surface area contributed by atoms with Gasteiger partial charge in [-0.1, -0.05) is 18.2 Å². The van der Waals surface area contributed by atoms with Gasteiger partial charge in [0.15, 0.2) is 0 Å².